The Hall–Kier alpha value is -0.120. The first-order valence-electron chi connectivity index (χ1n) is 9.66. The minimum atomic E-state index is 0. The fraction of sp³-hybridized carbons (Fsp3) is 0.944. The Morgan fingerprint density at radius 3 is 2.64 bits per heavy atom. The molecule has 25 heavy (non-hydrogen) atoms. The van der Waals surface area contributed by atoms with Gasteiger partial charge >= 0.3 is 0 Å². The summed E-state index contributed by atoms with van der Waals surface area (Å²) in [5.74, 6) is 0.899. The minimum absolute atomic E-state index is 0. The van der Waals surface area contributed by atoms with E-state index in [0.717, 1.165) is 71.3 Å². The Morgan fingerprint density at radius 2 is 2.04 bits per heavy atom. The number of aliphatic imine (C=N–C) groups is 1. The highest BCUT2D eigenvalue weighted by molar-refractivity contribution is 14.0. The monoisotopic (exact) mass is 470 g/mol. The van der Waals surface area contributed by atoms with E-state index < -0.39 is 0 Å². The van der Waals surface area contributed by atoms with Gasteiger partial charge in [0.15, 0.2) is 5.96 Å². The normalized spacial score (nSPS) is 18.9. The van der Waals surface area contributed by atoms with Crippen LogP contribution in [0.2, 0.25) is 0 Å². The predicted octanol–water partition coefficient (Wildman–Crippen LogP) is 2.48. The van der Waals surface area contributed by atoms with Crippen LogP contribution in [-0.4, -0.2) is 75.5 Å². The van der Waals surface area contributed by atoms with Gasteiger partial charge in [0.2, 0.25) is 0 Å². The van der Waals surface area contributed by atoms with Gasteiger partial charge in [-0.05, 0) is 46.2 Å². The molecule has 0 aromatic carbocycles. The van der Waals surface area contributed by atoms with Crippen LogP contribution < -0.4 is 10.6 Å². The van der Waals surface area contributed by atoms with Crippen LogP contribution in [0.15, 0.2) is 4.99 Å². The van der Waals surface area contributed by atoms with Crippen molar-refractivity contribution in [1.82, 2.24) is 15.5 Å². The third-order valence-electron chi connectivity index (χ3n) is 4.38. The maximum atomic E-state index is 5.69. The van der Waals surface area contributed by atoms with Crippen LogP contribution in [0.1, 0.15) is 47.0 Å². The molecule has 1 saturated heterocycles. The van der Waals surface area contributed by atoms with Gasteiger partial charge in [-0.2, -0.15) is 0 Å². The van der Waals surface area contributed by atoms with E-state index in [0.29, 0.717) is 12.1 Å². The van der Waals surface area contributed by atoms with Gasteiger partial charge in [-0.3, -0.25) is 9.89 Å². The van der Waals surface area contributed by atoms with Crippen LogP contribution >= 0.6 is 24.0 Å². The Balaban J connectivity index is 0.00000576. The number of ether oxygens (including phenoxy) is 2. The molecule has 0 spiro atoms. The molecule has 0 amide bonds. The molecule has 2 atom stereocenters. The summed E-state index contributed by atoms with van der Waals surface area (Å²) in [6.07, 6.45) is 3.60. The van der Waals surface area contributed by atoms with E-state index in [1.807, 2.05) is 0 Å². The summed E-state index contributed by atoms with van der Waals surface area (Å²) in [4.78, 5) is 7.13. The lowest BCUT2D eigenvalue weighted by atomic mass is 10.2. The van der Waals surface area contributed by atoms with Crippen LogP contribution in [0.25, 0.3) is 0 Å². The van der Waals surface area contributed by atoms with E-state index in [1.54, 1.807) is 0 Å². The van der Waals surface area contributed by atoms with E-state index in [1.165, 1.54) is 6.42 Å². The summed E-state index contributed by atoms with van der Waals surface area (Å²) in [5.41, 5.74) is 0. The van der Waals surface area contributed by atoms with E-state index in [4.69, 9.17) is 14.5 Å². The fourth-order valence-corrected chi connectivity index (χ4v) is 2.90. The first-order chi connectivity index (χ1) is 11.7. The summed E-state index contributed by atoms with van der Waals surface area (Å²) in [7, 11) is 0. The molecule has 1 heterocycles. The first-order valence-corrected chi connectivity index (χ1v) is 9.66. The molecular weight excluding hydrogens is 431 g/mol. The lowest BCUT2D eigenvalue weighted by molar-refractivity contribution is 0.0168. The van der Waals surface area contributed by atoms with E-state index in [9.17, 15) is 0 Å². The quantitative estimate of drug-likeness (QED) is 0.199. The van der Waals surface area contributed by atoms with Gasteiger partial charge in [0.05, 0.1) is 19.3 Å². The molecule has 0 radical (unpaired) electrons. The van der Waals surface area contributed by atoms with Gasteiger partial charge < -0.3 is 20.1 Å². The molecule has 0 aromatic heterocycles. The average Bonchev–Trinajstić information content (AvgIpc) is 3.10. The third kappa shape index (κ3) is 11.2. The van der Waals surface area contributed by atoms with Crippen LogP contribution in [0.3, 0.4) is 0 Å². The summed E-state index contributed by atoms with van der Waals surface area (Å²) < 4.78 is 11.2. The molecule has 0 saturated carbocycles. The number of guanidine groups is 1. The molecule has 6 nitrogen and oxygen atoms in total. The molecule has 2 N–H and O–H groups in total. The molecule has 1 rings (SSSR count). The number of likely N-dealkylation sites (N-methyl/N-ethyl adjacent to an activating group) is 1. The van der Waals surface area contributed by atoms with Gasteiger partial charge in [0.1, 0.15) is 0 Å². The molecule has 0 bridgehead atoms. The Kier molecular flexibility index (Phi) is 16.0. The van der Waals surface area contributed by atoms with E-state index in [2.05, 4.69) is 43.2 Å². The van der Waals surface area contributed by atoms with Gasteiger partial charge in [-0.15, -0.1) is 24.0 Å². The molecule has 1 aliphatic heterocycles. The van der Waals surface area contributed by atoms with Crippen LogP contribution in [-0.2, 0) is 9.47 Å². The molecule has 1 fully saturated rings. The maximum Gasteiger partial charge on any atom is 0.191 e. The average molecular weight is 470 g/mol. The smallest absolute Gasteiger partial charge is 0.191 e. The highest BCUT2D eigenvalue weighted by Gasteiger charge is 2.15. The molecule has 2 unspecified atom stereocenters. The largest absolute Gasteiger partial charge is 0.379 e. The number of rotatable bonds is 12. The Labute approximate surface area is 171 Å². The Morgan fingerprint density at radius 1 is 1.28 bits per heavy atom. The van der Waals surface area contributed by atoms with Crippen molar-refractivity contribution in [3.05, 3.63) is 0 Å². The highest BCUT2D eigenvalue weighted by Crippen LogP contribution is 2.11. The van der Waals surface area contributed by atoms with Crippen molar-refractivity contribution in [2.75, 3.05) is 52.5 Å². The standard InChI is InChI=1S/C18H38N4O2.HI/c1-5-19-18(21-14-16(4)22(6-2)7-3)20-11-9-12-23-15-17-10-8-13-24-17;/h16-17H,5-15H2,1-4H3,(H2,19,20,21);1H. The number of nitrogens with zero attached hydrogens (tertiary/aromatic N) is 2. The topological polar surface area (TPSA) is 58.1 Å². The zero-order chi connectivity index (χ0) is 17.6. The van der Waals surface area contributed by atoms with Crippen molar-refractivity contribution >= 4 is 29.9 Å². The second-order valence-corrected chi connectivity index (χ2v) is 6.28. The molecule has 0 aromatic rings. The van der Waals surface area contributed by atoms with Gasteiger partial charge in [0, 0.05) is 32.3 Å². The Bertz CT molecular complexity index is 335. The molecule has 1 aliphatic rings. The predicted molar refractivity (Wildman–Crippen MR) is 116 cm³/mol. The molecule has 0 aliphatic carbocycles. The summed E-state index contributed by atoms with van der Waals surface area (Å²) in [6, 6.07) is 0.463. The second kappa shape index (κ2) is 16.1. The van der Waals surface area contributed by atoms with Crippen molar-refractivity contribution in [2.45, 2.75) is 59.1 Å². The van der Waals surface area contributed by atoms with Crippen molar-refractivity contribution in [3.63, 3.8) is 0 Å². The zero-order valence-corrected chi connectivity index (χ0v) is 18.9. The van der Waals surface area contributed by atoms with Crippen molar-refractivity contribution < 1.29 is 9.47 Å². The SMILES string of the molecule is CCNC(=NCC(C)N(CC)CC)NCCCOCC1CCCO1.I. The van der Waals surface area contributed by atoms with Crippen molar-refractivity contribution in [1.29, 1.82) is 0 Å². The lowest BCUT2D eigenvalue weighted by Gasteiger charge is -2.25. The number of halogens is 1. The van der Waals surface area contributed by atoms with Crippen molar-refractivity contribution in [3.8, 4) is 0 Å². The number of nitrogens with one attached hydrogen (secondary N) is 2. The molecule has 150 valence electrons. The van der Waals surface area contributed by atoms with Crippen LogP contribution in [0, 0.1) is 0 Å². The first kappa shape index (κ1) is 24.9. The zero-order valence-electron chi connectivity index (χ0n) is 16.6. The van der Waals surface area contributed by atoms with Crippen molar-refractivity contribution in [2.24, 2.45) is 4.99 Å². The van der Waals surface area contributed by atoms with E-state index >= 15 is 0 Å². The lowest BCUT2D eigenvalue weighted by Crippen LogP contribution is -2.40. The number of hydrogen-bond donors (Lipinski definition) is 2. The van der Waals surface area contributed by atoms with Crippen LogP contribution in [0.5, 0.6) is 0 Å². The van der Waals surface area contributed by atoms with Gasteiger partial charge in [-0.1, -0.05) is 13.8 Å². The molecule has 7 heteroatoms. The summed E-state index contributed by atoms with van der Waals surface area (Å²) in [5, 5.41) is 6.70. The summed E-state index contributed by atoms with van der Waals surface area (Å²) in [6.45, 7) is 15.8. The van der Waals surface area contributed by atoms with Gasteiger partial charge in [-0.25, -0.2) is 0 Å². The number of hydrogen-bond acceptors (Lipinski definition) is 4. The fourth-order valence-electron chi connectivity index (χ4n) is 2.90. The third-order valence-corrected chi connectivity index (χ3v) is 4.38. The highest BCUT2D eigenvalue weighted by atomic mass is 127. The summed E-state index contributed by atoms with van der Waals surface area (Å²) >= 11 is 0. The van der Waals surface area contributed by atoms with Crippen LogP contribution in [0.4, 0.5) is 0 Å². The van der Waals surface area contributed by atoms with E-state index in [-0.39, 0.29) is 24.0 Å². The van der Waals surface area contributed by atoms with Gasteiger partial charge in [0.25, 0.3) is 0 Å². The molecular formula is C18H39IN4O2. The minimum Gasteiger partial charge on any atom is -0.379 e. The maximum absolute atomic E-state index is 5.69. The second-order valence-electron chi connectivity index (χ2n) is 6.28.